The molecule has 1 aromatic heterocycles. The number of aromatic nitrogens is 2. The van der Waals surface area contributed by atoms with E-state index >= 15 is 0 Å². The fourth-order valence-corrected chi connectivity index (χ4v) is 3.41. The molecule has 0 bridgehead atoms. The summed E-state index contributed by atoms with van der Waals surface area (Å²) < 4.78 is 28.4. The molecule has 8 heteroatoms. The van der Waals surface area contributed by atoms with Crippen LogP contribution in [0.4, 0.5) is 5.82 Å². The molecule has 1 aliphatic carbocycles. The van der Waals surface area contributed by atoms with Crippen molar-refractivity contribution in [2.45, 2.75) is 30.7 Å². The summed E-state index contributed by atoms with van der Waals surface area (Å²) >= 11 is 0. The van der Waals surface area contributed by atoms with E-state index in [0.717, 1.165) is 0 Å². The summed E-state index contributed by atoms with van der Waals surface area (Å²) in [5.41, 5.74) is 6.20. The standard InChI is InChI=1S/C11H21N5O2S/c1-8-10(11(12)14-16(8)3)19(17,18)13-6-7-15(2)9-4-5-9/h9,13H,4-7H2,1-3H3,(H2,12,14). The van der Waals surface area contributed by atoms with Gasteiger partial charge in [-0.2, -0.15) is 5.10 Å². The number of nitrogens with one attached hydrogen (secondary N) is 1. The monoisotopic (exact) mass is 287 g/mol. The molecule has 1 aromatic rings. The highest BCUT2D eigenvalue weighted by Crippen LogP contribution is 2.25. The normalized spacial score (nSPS) is 16.2. The van der Waals surface area contributed by atoms with Gasteiger partial charge in [0.1, 0.15) is 4.90 Å². The van der Waals surface area contributed by atoms with Gasteiger partial charge in [0.05, 0.1) is 5.69 Å². The minimum absolute atomic E-state index is 0.0445. The van der Waals surface area contributed by atoms with Crippen molar-refractivity contribution in [3.63, 3.8) is 0 Å². The molecule has 0 amide bonds. The molecule has 0 radical (unpaired) electrons. The quantitative estimate of drug-likeness (QED) is 0.748. The van der Waals surface area contributed by atoms with Gasteiger partial charge in [-0.3, -0.25) is 4.68 Å². The predicted octanol–water partition coefficient (Wildman–Crippen LogP) is -0.317. The summed E-state index contributed by atoms with van der Waals surface area (Å²) in [5.74, 6) is 0.0445. The SMILES string of the molecule is Cc1c(S(=O)(=O)NCCN(C)C2CC2)c(N)nn1C. The average Bonchev–Trinajstić information content (AvgIpc) is 3.07. The van der Waals surface area contributed by atoms with Crippen LogP contribution in [0.25, 0.3) is 0 Å². The zero-order chi connectivity index (χ0) is 14.2. The van der Waals surface area contributed by atoms with Crippen LogP contribution in [0.15, 0.2) is 4.90 Å². The van der Waals surface area contributed by atoms with Crippen LogP contribution < -0.4 is 10.5 Å². The van der Waals surface area contributed by atoms with Gasteiger partial charge < -0.3 is 10.6 Å². The number of nitrogens with two attached hydrogens (primary N) is 1. The number of nitrogens with zero attached hydrogens (tertiary/aromatic N) is 3. The Bertz CT molecular complexity index is 562. The molecule has 1 heterocycles. The highest BCUT2D eigenvalue weighted by molar-refractivity contribution is 7.89. The first-order valence-electron chi connectivity index (χ1n) is 6.32. The van der Waals surface area contributed by atoms with Gasteiger partial charge in [-0.15, -0.1) is 0 Å². The smallest absolute Gasteiger partial charge is 0.246 e. The molecule has 2 rings (SSSR count). The third kappa shape index (κ3) is 3.07. The van der Waals surface area contributed by atoms with Gasteiger partial charge >= 0.3 is 0 Å². The van der Waals surface area contributed by atoms with Gasteiger partial charge in [-0.25, -0.2) is 13.1 Å². The summed E-state index contributed by atoms with van der Waals surface area (Å²) in [5, 5.41) is 3.92. The molecular weight excluding hydrogens is 266 g/mol. The van der Waals surface area contributed by atoms with Gasteiger partial charge in [0.15, 0.2) is 5.82 Å². The first kappa shape index (κ1) is 14.3. The van der Waals surface area contributed by atoms with Crippen molar-refractivity contribution in [3.8, 4) is 0 Å². The van der Waals surface area contributed by atoms with Crippen molar-refractivity contribution in [2.75, 3.05) is 25.9 Å². The van der Waals surface area contributed by atoms with Gasteiger partial charge in [-0.1, -0.05) is 0 Å². The number of rotatable bonds is 6. The maximum atomic E-state index is 12.2. The molecule has 1 saturated carbocycles. The summed E-state index contributed by atoms with van der Waals surface area (Å²) in [6, 6.07) is 0.620. The Labute approximate surface area is 113 Å². The first-order chi connectivity index (χ1) is 8.83. The summed E-state index contributed by atoms with van der Waals surface area (Å²) in [6.07, 6.45) is 2.41. The van der Waals surface area contributed by atoms with Crippen LogP contribution in [-0.2, 0) is 17.1 Å². The molecule has 0 aromatic carbocycles. The molecule has 0 unspecified atom stereocenters. The van der Waals surface area contributed by atoms with E-state index in [1.165, 1.54) is 17.5 Å². The van der Waals surface area contributed by atoms with E-state index in [9.17, 15) is 8.42 Å². The second kappa shape index (κ2) is 5.10. The van der Waals surface area contributed by atoms with Crippen LogP contribution >= 0.6 is 0 Å². The molecule has 0 atom stereocenters. The fraction of sp³-hybridized carbons (Fsp3) is 0.727. The number of aryl methyl sites for hydroxylation is 1. The topological polar surface area (TPSA) is 93.2 Å². The van der Waals surface area contributed by atoms with Crippen LogP contribution in [-0.4, -0.2) is 49.3 Å². The molecule has 0 aliphatic heterocycles. The number of nitrogen functional groups attached to an aromatic ring is 1. The van der Waals surface area contributed by atoms with Crippen molar-refractivity contribution < 1.29 is 8.42 Å². The van der Waals surface area contributed by atoms with Crippen LogP contribution in [0.3, 0.4) is 0 Å². The number of sulfonamides is 1. The van der Waals surface area contributed by atoms with Gasteiger partial charge in [-0.05, 0) is 26.8 Å². The maximum absolute atomic E-state index is 12.2. The molecule has 1 aliphatic rings. The Morgan fingerprint density at radius 3 is 2.63 bits per heavy atom. The predicted molar refractivity (Wildman–Crippen MR) is 73.2 cm³/mol. The lowest BCUT2D eigenvalue weighted by atomic mass is 10.5. The van der Waals surface area contributed by atoms with Crippen LogP contribution in [0.2, 0.25) is 0 Å². The lowest BCUT2D eigenvalue weighted by molar-refractivity contribution is 0.329. The van der Waals surface area contributed by atoms with Gasteiger partial charge in [0, 0.05) is 26.2 Å². The van der Waals surface area contributed by atoms with E-state index in [2.05, 4.69) is 14.7 Å². The Morgan fingerprint density at radius 1 is 1.53 bits per heavy atom. The highest BCUT2D eigenvalue weighted by Gasteiger charge is 2.27. The molecule has 19 heavy (non-hydrogen) atoms. The van der Waals surface area contributed by atoms with Crippen molar-refractivity contribution >= 4 is 15.8 Å². The summed E-state index contributed by atoms with van der Waals surface area (Å²) in [7, 11) is 0.0950. The van der Waals surface area contributed by atoms with Gasteiger partial charge in [0.25, 0.3) is 0 Å². The Kier molecular flexibility index (Phi) is 3.84. The Morgan fingerprint density at radius 2 is 2.16 bits per heavy atom. The number of hydrogen-bond donors (Lipinski definition) is 2. The van der Waals surface area contributed by atoms with Gasteiger partial charge in [0.2, 0.25) is 10.0 Å². The van der Waals surface area contributed by atoms with E-state index < -0.39 is 10.0 Å². The van der Waals surface area contributed by atoms with E-state index in [-0.39, 0.29) is 10.7 Å². The summed E-state index contributed by atoms with van der Waals surface area (Å²) in [6.45, 7) is 2.76. The third-order valence-electron chi connectivity index (χ3n) is 3.50. The lowest BCUT2D eigenvalue weighted by Crippen LogP contribution is -2.34. The molecule has 3 N–H and O–H groups in total. The molecular formula is C11H21N5O2S. The van der Waals surface area contributed by atoms with E-state index in [4.69, 9.17) is 5.73 Å². The van der Waals surface area contributed by atoms with E-state index in [1.54, 1.807) is 14.0 Å². The lowest BCUT2D eigenvalue weighted by Gasteiger charge is -2.15. The van der Waals surface area contributed by atoms with Crippen molar-refractivity contribution in [2.24, 2.45) is 7.05 Å². The van der Waals surface area contributed by atoms with E-state index in [1.807, 2.05) is 7.05 Å². The largest absolute Gasteiger partial charge is 0.381 e. The van der Waals surface area contributed by atoms with Crippen LogP contribution in [0.1, 0.15) is 18.5 Å². The van der Waals surface area contributed by atoms with Crippen molar-refractivity contribution in [1.29, 1.82) is 0 Å². The second-order valence-electron chi connectivity index (χ2n) is 5.03. The molecule has 1 fully saturated rings. The zero-order valence-electron chi connectivity index (χ0n) is 11.5. The average molecular weight is 287 g/mol. The Balaban J connectivity index is 2.01. The fourth-order valence-electron chi connectivity index (χ4n) is 2.07. The minimum atomic E-state index is -3.59. The molecule has 0 saturated heterocycles. The molecule has 0 spiro atoms. The maximum Gasteiger partial charge on any atom is 0.246 e. The second-order valence-corrected chi connectivity index (χ2v) is 6.74. The summed E-state index contributed by atoms with van der Waals surface area (Å²) in [4.78, 5) is 2.26. The zero-order valence-corrected chi connectivity index (χ0v) is 12.4. The Hall–Kier alpha value is -1.12. The number of likely N-dealkylation sites (N-methyl/N-ethyl adjacent to an activating group) is 1. The number of hydrogen-bond acceptors (Lipinski definition) is 5. The first-order valence-corrected chi connectivity index (χ1v) is 7.80. The number of anilines is 1. The molecule has 108 valence electrons. The van der Waals surface area contributed by atoms with Crippen molar-refractivity contribution in [3.05, 3.63) is 5.69 Å². The van der Waals surface area contributed by atoms with Crippen molar-refractivity contribution in [1.82, 2.24) is 19.4 Å². The van der Waals surface area contributed by atoms with Crippen LogP contribution in [0.5, 0.6) is 0 Å². The van der Waals surface area contributed by atoms with E-state index in [0.29, 0.717) is 24.8 Å². The third-order valence-corrected chi connectivity index (χ3v) is 5.13. The van der Waals surface area contributed by atoms with Crippen LogP contribution in [0, 0.1) is 6.92 Å². The minimum Gasteiger partial charge on any atom is -0.381 e. The highest BCUT2D eigenvalue weighted by atomic mass is 32.2. The molecule has 7 nitrogen and oxygen atoms in total.